The minimum atomic E-state index is 0.164. The van der Waals surface area contributed by atoms with Crippen molar-refractivity contribution in [2.45, 2.75) is 50.2 Å². The first-order valence-corrected chi connectivity index (χ1v) is 6.09. The molecule has 15 heavy (non-hydrogen) atoms. The van der Waals surface area contributed by atoms with Crippen molar-refractivity contribution < 1.29 is 4.79 Å². The number of nitrogens with one attached hydrogen (secondary N) is 1. The highest BCUT2D eigenvalue weighted by molar-refractivity contribution is 5.82. The van der Waals surface area contributed by atoms with Crippen LogP contribution in [0.1, 0.15) is 32.6 Å². The zero-order valence-electron chi connectivity index (χ0n) is 9.62. The van der Waals surface area contributed by atoms with Crippen LogP contribution in [0.15, 0.2) is 0 Å². The fourth-order valence-electron chi connectivity index (χ4n) is 4.11. The van der Waals surface area contributed by atoms with E-state index in [4.69, 9.17) is 0 Å². The molecule has 0 radical (unpaired) electrons. The normalized spacial score (nSPS) is 49.3. The molecule has 0 amide bonds. The van der Waals surface area contributed by atoms with Gasteiger partial charge in [0.2, 0.25) is 0 Å². The summed E-state index contributed by atoms with van der Waals surface area (Å²) in [6.07, 6.45) is 5.11. The van der Waals surface area contributed by atoms with Gasteiger partial charge in [-0.15, -0.1) is 0 Å². The number of hydrogen-bond acceptors (Lipinski definition) is 3. The molecule has 3 fully saturated rings. The molecule has 3 aliphatic rings. The minimum Gasteiger partial charge on any atom is -0.307 e. The average Bonchev–Trinajstić information content (AvgIpc) is 2.80. The largest absolute Gasteiger partial charge is 0.307 e. The average molecular weight is 208 g/mol. The minimum absolute atomic E-state index is 0.164. The fourth-order valence-corrected chi connectivity index (χ4v) is 4.11. The summed E-state index contributed by atoms with van der Waals surface area (Å²) < 4.78 is 0. The van der Waals surface area contributed by atoms with Gasteiger partial charge in [-0.2, -0.15) is 0 Å². The quantitative estimate of drug-likeness (QED) is 0.691. The Morgan fingerprint density at radius 3 is 2.73 bits per heavy atom. The molecule has 0 aromatic carbocycles. The summed E-state index contributed by atoms with van der Waals surface area (Å²) in [5.74, 6) is 1.16. The lowest BCUT2D eigenvalue weighted by molar-refractivity contribution is -0.120. The lowest BCUT2D eigenvalue weighted by atomic mass is 9.82. The zero-order chi connectivity index (χ0) is 10.6. The molecule has 1 aliphatic carbocycles. The first-order valence-electron chi connectivity index (χ1n) is 6.09. The van der Waals surface area contributed by atoms with Gasteiger partial charge in [-0.1, -0.05) is 0 Å². The van der Waals surface area contributed by atoms with E-state index in [1.54, 1.807) is 6.92 Å². The number of rotatable bonds is 1. The Kier molecular flexibility index (Phi) is 1.99. The van der Waals surface area contributed by atoms with E-state index in [2.05, 4.69) is 17.3 Å². The van der Waals surface area contributed by atoms with E-state index in [1.807, 2.05) is 0 Å². The van der Waals surface area contributed by atoms with Crippen LogP contribution in [0.3, 0.4) is 0 Å². The molecule has 1 saturated carbocycles. The van der Waals surface area contributed by atoms with E-state index in [9.17, 15) is 4.79 Å². The van der Waals surface area contributed by atoms with E-state index in [-0.39, 0.29) is 11.6 Å². The summed E-state index contributed by atoms with van der Waals surface area (Å²) in [5.41, 5.74) is 0.286. The fraction of sp³-hybridized carbons (Fsp3) is 0.917. The topological polar surface area (TPSA) is 32.3 Å². The molecule has 2 saturated heterocycles. The Hall–Kier alpha value is -0.410. The highest BCUT2D eigenvalue weighted by atomic mass is 16.1. The second-order valence-corrected chi connectivity index (χ2v) is 5.75. The van der Waals surface area contributed by atoms with Gasteiger partial charge in [0.05, 0.1) is 6.04 Å². The predicted molar refractivity (Wildman–Crippen MR) is 58.7 cm³/mol. The van der Waals surface area contributed by atoms with Gasteiger partial charge in [0.15, 0.2) is 0 Å². The van der Waals surface area contributed by atoms with E-state index >= 15 is 0 Å². The standard InChI is InChI=1S/C12H20N2O/c1-8(15)11-6-12(7-14(11)2)9-3-4-10(5-9)13-12/h9-11,13H,3-7H2,1-2H3. The zero-order valence-corrected chi connectivity index (χ0v) is 9.62. The molecule has 2 heterocycles. The molecule has 4 unspecified atom stereocenters. The van der Waals surface area contributed by atoms with Crippen LogP contribution < -0.4 is 5.32 Å². The molecule has 2 aliphatic heterocycles. The van der Waals surface area contributed by atoms with E-state index in [0.717, 1.165) is 24.9 Å². The maximum Gasteiger partial charge on any atom is 0.146 e. The van der Waals surface area contributed by atoms with Crippen LogP contribution in [0.2, 0.25) is 0 Å². The molecule has 2 bridgehead atoms. The Balaban J connectivity index is 1.82. The molecule has 3 nitrogen and oxygen atoms in total. The first kappa shape index (κ1) is 9.79. The summed E-state index contributed by atoms with van der Waals surface area (Å²) in [4.78, 5) is 13.8. The summed E-state index contributed by atoms with van der Waals surface area (Å²) in [6, 6.07) is 0.908. The van der Waals surface area contributed by atoms with Crippen LogP contribution in [-0.2, 0) is 4.79 Å². The molecule has 84 valence electrons. The van der Waals surface area contributed by atoms with Crippen molar-refractivity contribution in [1.82, 2.24) is 10.2 Å². The van der Waals surface area contributed by atoms with Gasteiger partial charge >= 0.3 is 0 Å². The monoisotopic (exact) mass is 208 g/mol. The van der Waals surface area contributed by atoms with Gasteiger partial charge in [-0.05, 0) is 45.6 Å². The number of hydrogen-bond donors (Lipinski definition) is 1. The number of carbonyl (C=O) groups is 1. The van der Waals surface area contributed by atoms with Gasteiger partial charge < -0.3 is 5.32 Å². The summed E-state index contributed by atoms with van der Waals surface area (Å²) in [6.45, 7) is 2.80. The number of likely N-dealkylation sites (tertiary alicyclic amines) is 1. The number of ketones is 1. The Morgan fingerprint density at radius 2 is 2.27 bits per heavy atom. The second kappa shape index (κ2) is 3.05. The van der Waals surface area contributed by atoms with Gasteiger partial charge in [-0.3, -0.25) is 9.69 Å². The van der Waals surface area contributed by atoms with Crippen molar-refractivity contribution >= 4 is 5.78 Å². The van der Waals surface area contributed by atoms with Crippen LogP contribution in [0.5, 0.6) is 0 Å². The third kappa shape index (κ3) is 1.29. The van der Waals surface area contributed by atoms with Crippen molar-refractivity contribution in [3.63, 3.8) is 0 Å². The van der Waals surface area contributed by atoms with Crippen LogP contribution in [0, 0.1) is 5.92 Å². The molecule has 3 heteroatoms. The Morgan fingerprint density at radius 1 is 1.47 bits per heavy atom. The van der Waals surface area contributed by atoms with Crippen molar-refractivity contribution in [1.29, 1.82) is 0 Å². The van der Waals surface area contributed by atoms with Crippen molar-refractivity contribution in [2.24, 2.45) is 5.92 Å². The third-order valence-corrected chi connectivity index (χ3v) is 4.80. The van der Waals surface area contributed by atoms with Crippen molar-refractivity contribution in [2.75, 3.05) is 13.6 Å². The molecule has 4 atom stereocenters. The van der Waals surface area contributed by atoms with Gasteiger partial charge in [0.1, 0.15) is 5.78 Å². The number of likely N-dealkylation sites (N-methyl/N-ethyl adjacent to an activating group) is 1. The van der Waals surface area contributed by atoms with Crippen molar-refractivity contribution in [3.05, 3.63) is 0 Å². The van der Waals surface area contributed by atoms with E-state index in [0.29, 0.717) is 5.78 Å². The smallest absolute Gasteiger partial charge is 0.146 e. The second-order valence-electron chi connectivity index (χ2n) is 5.75. The molecular weight excluding hydrogens is 188 g/mol. The molecule has 3 rings (SSSR count). The van der Waals surface area contributed by atoms with Crippen molar-refractivity contribution in [3.8, 4) is 0 Å². The molecule has 0 aromatic rings. The number of nitrogens with zero attached hydrogens (tertiary/aromatic N) is 1. The number of piperidine rings is 1. The van der Waals surface area contributed by atoms with Gasteiger partial charge in [0.25, 0.3) is 0 Å². The first-order chi connectivity index (χ1) is 7.11. The van der Waals surface area contributed by atoms with Crippen LogP contribution in [0.4, 0.5) is 0 Å². The lowest BCUT2D eigenvalue weighted by Crippen LogP contribution is -2.51. The van der Waals surface area contributed by atoms with Crippen LogP contribution >= 0.6 is 0 Å². The van der Waals surface area contributed by atoms with E-state index in [1.165, 1.54) is 19.3 Å². The summed E-state index contributed by atoms with van der Waals surface area (Å²) in [5, 5.41) is 3.79. The van der Waals surface area contributed by atoms with Crippen LogP contribution in [0.25, 0.3) is 0 Å². The van der Waals surface area contributed by atoms with Gasteiger partial charge in [-0.25, -0.2) is 0 Å². The number of fused-ring (bicyclic) bond motifs is 3. The lowest BCUT2D eigenvalue weighted by Gasteiger charge is -2.34. The van der Waals surface area contributed by atoms with Crippen LogP contribution in [-0.4, -0.2) is 41.9 Å². The van der Waals surface area contributed by atoms with E-state index < -0.39 is 0 Å². The SMILES string of the molecule is CC(=O)C1CC2(CN1C)NC1CCC2C1. The molecular formula is C12H20N2O. The number of carbonyl (C=O) groups excluding carboxylic acids is 1. The molecule has 0 aromatic heterocycles. The highest BCUT2D eigenvalue weighted by Gasteiger charge is 2.55. The highest BCUT2D eigenvalue weighted by Crippen LogP contribution is 2.47. The maximum absolute atomic E-state index is 11.5. The Bertz CT molecular complexity index is 304. The summed E-state index contributed by atoms with van der Waals surface area (Å²) in [7, 11) is 2.09. The Labute approximate surface area is 91.2 Å². The molecule has 1 spiro atoms. The van der Waals surface area contributed by atoms with Gasteiger partial charge in [0, 0.05) is 18.1 Å². The maximum atomic E-state index is 11.5. The summed E-state index contributed by atoms with van der Waals surface area (Å²) >= 11 is 0. The number of Topliss-reactive ketones (excluding diaryl/α,β-unsaturated/α-hetero) is 1. The third-order valence-electron chi connectivity index (χ3n) is 4.80. The predicted octanol–water partition coefficient (Wildman–Crippen LogP) is 0.790. The molecule has 1 N–H and O–H groups in total.